The third-order valence-electron chi connectivity index (χ3n) is 10.1. The molecular formula is C46H36N6. The summed E-state index contributed by atoms with van der Waals surface area (Å²) < 4.78 is 4.42. The molecule has 6 nitrogen and oxygen atoms in total. The van der Waals surface area contributed by atoms with Crippen molar-refractivity contribution in [2.75, 3.05) is 0 Å². The van der Waals surface area contributed by atoms with Gasteiger partial charge >= 0.3 is 0 Å². The Morgan fingerprint density at radius 3 is 1.65 bits per heavy atom. The number of nitriles is 1. The molecule has 0 saturated heterocycles. The quantitative estimate of drug-likeness (QED) is 0.186. The second-order valence-electron chi connectivity index (χ2n) is 14.7. The van der Waals surface area contributed by atoms with Crippen LogP contribution in [0.15, 0.2) is 127 Å². The van der Waals surface area contributed by atoms with Crippen molar-refractivity contribution < 1.29 is 0 Å². The van der Waals surface area contributed by atoms with Crippen molar-refractivity contribution in [3.63, 3.8) is 0 Å². The summed E-state index contributed by atoms with van der Waals surface area (Å²) in [4.78, 5) is 15.9. The molecule has 9 aromatic rings. The summed E-state index contributed by atoms with van der Waals surface area (Å²) in [5.41, 5.74) is 10.7. The lowest BCUT2D eigenvalue weighted by atomic mass is 9.83. The first-order valence-corrected chi connectivity index (χ1v) is 17.6. The molecule has 0 aliphatic heterocycles. The molecule has 9 rings (SSSR count). The molecule has 0 amide bonds. The standard InChI is InChI=1S/C46H36N6/c1-28-18-21-40-34(24-28)35-25-29(2)19-22-41(35)51(40)42-23-20-30(27-47)26-36(42)44-48-43(33-14-6-9-15-37(33)46(3,4)5)49-45(50-44)52-38-16-10-7-12-31(38)32-13-8-11-17-39(32)52/h6-26H,1-5H3. The molecule has 0 N–H and O–H groups in total. The monoisotopic (exact) mass is 672 g/mol. The maximum absolute atomic E-state index is 10.2. The number of hydrogen-bond donors (Lipinski definition) is 0. The maximum atomic E-state index is 10.2. The van der Waals surface area contributed by atoms with Crippen molar-refractivity contribution in [2.24, 2.45) is 0 Å². The second kappa shape index (κ2) is 11.8. The average molecular weight is 673 g/mol. The van der Waals surface area contributed by atoms with E-state index in [2.05, 4.69) is 153 Å². The normalized spacial score (nSPS) is 11.9. The molecule has 6 aromatic carbocycles. The molecule has 0 spiro atoms. The van der Waals surface area contributed by atoms with Crippen LogP contribution in [0, 0.1) is 25.2 Å². The van der Waals surface area contributed by atoms with Crippen LogP contribution in [0.2, 0.25) is 0 Å². The van der Waals surface area contributed by atoms with Gasteiger partial charge in [0.25, 0.3) is 0 Å². The molecule has 3 heterocycles. The molecule has 250 valence electrons. The lowest BCUT2D eigenvalue weighted by Crippen LogP contribution is -2.14. The molecule has 6 heteroatoms. The lowest BCUT2D eigenvalue weighted by molar-refractivity contribution is 0.591. The van der Waals surface area contributed by atoms with Gasteiger partial charge in [0.2, 0.25) is 5.95 Å². The Morgan fingerprint density at radius 2 is 1.06 bits per heavy atom. The van der Waals surface area contributed by atoms with E-state index in [9.17, 15) is 5.26 Å². The van der Waals surface area contributed by atoms with Gasteiger partial charge in [0, 0.05) is 32.7 Å². The minimum absolute atomic E-state index is 0.165. The molecule has 0 aliphatic rings. The summed E-state index contributed by atoms with van der Waals surface area (Å²) >= 11 is 0. The van der Waals surface area contributed by atoms with Crippen LogP contribution in [0.3, 0.4) is 0 Å². The Bertz CT molecular complexity index is 2820. The van der Waals surface area contributed by atoms with Crippen molar-refractivity contribution in [2.45, 2.75) is 40.0 Å². The van der Waals surface area contributed by atoms with Crippen molar-refractivity contribution in [1.82, 2.24) is 24.1 Å². The van der Waals surface area contributed by atoms with Gasteiger partial charge in [0.1, 0.15) is 0 Å². The summed E-state index contributed by atoms with van der Waals surface area (Å²) in [5, 5.41) is 14.8. The molecule has 0 saturated carbocycles. The number of para-hydroxylation sites is 2. The summed E-state index contributed by atoms with van der Waals surface area (Å²) in [6.45, 7) is 10.9. The molecule has 52 heavy (non-hydrogen) atoms. The van der Waals surface area contributed by atoms with E-state index in [0.717, 1.165) is 55.2 Å². The second-order valence-corrected chi connectivity index (χ2v) is 14.7. The summed E-state index contributed by atoms with van der Waals surface area (Å²) in [7, 11) is 0. The predicted octanol–water partition coefficient (Wildman–Crippen LogP) is 11.2. The van der Waals surface area contributed by atoms with Gasteiger partial charge in [-0.3, -0.25) is 4.57 Å². The van der Waals surface area contributed by atoms with Crippen LogP contribution in [0.5, 0.6) is 0 Å². The highest BCUT2D eigenvalue weighted by Crippen LogP contribution is 2.39. The van der Waals surface area contributed by atoms with E-state index in [0.29, 0.717) is 23.2 Å². The highest BCUT2D eigenvalue weighted by atomic mass is 15.2. The van der Waals surface area contributed by atoms with Gasteiger partial charge in [-0.25, -0.2) is 4.98 Å². The zero-order chi connectivity index (χ0) is 35.7. The highest BCUT2D eigenvalue weighted by molar-refractivity contribution is 6.11. The first kappa shape index (κ1) is 31.4. The fraction of sp³-hybridized carbons (Fsp3) is 0.130. The van der Waals surface area contributed by atoms with Gasteiger partial charge in [-0.05, 0) is 79.4 Å². The minimum atomic E-state index is -0.165. The summed E-state index contributed by atoms with van der Waals surface area (Å²) in [6.07, 6.45) is 0. The van der Waals surface area contributed by atoms with Gasteiger partial charge in [0.05, 0.1) is 39.4 Å². The minimum Gasteiger partial charge on any atom is -0.308 e. The largest absolute Gasteiger partial charge is 0.308 e. The molecule has 0 radical (unpaired) electrons. The van der Waals surface area contributed by atoms with E-state index < -0.39 is 0 Å². The Balaban J connectivity index is 1.41. The SMILES string of the molecule is Cc1ccc2c(c1)c1cc(C)ccc1n2-c1ccc(C#N)cc1-c1nc(-c2ccccc2C(C)(C)C)nc(-n2c3ccccc3c3ccccc32)n1. The van der Waals surface area contributed by atoms with Gasteiger partial charge in [-0.1, -0.05) is 105 Å². The number of rotatable bonds is 4. The predicted molar refractivity (Wildman–Crippen MR) is 212 cm³/mol. The van der Waals surface area contributed by atoms with E-state index in [-0.39, 0.29) is 5.41 Å². The molecule has 0 unspecified atom stereocenters. The van der Waals surface area contributed by atoms with Crippen LogP contribution in [-0.2, 0) is 5.41 Å². The first-order valence-electron chi connectivity index (χ1n) is 17.6. The molecular weight excluding hydrogens is 637 g/mol. The van der Waals surface area contributed by atoms with Crippen LogP contribution in [0.4, 0.5) is 0 Å². The first-order chi connectivity index (χ1) is 25.2. The van der Waals surface area contributed by atoms with E-state index in [1.165, 1.54) is 21.9 Å². The van der Waals surface area contributed by atoms with Gasteiger partial charge < -0.3 is 4.57 Å². The molecule has 0 aliphatic carbocycles. The van der Waals surface area contributed by atoms with Gasteiger partial charge in [0.15, 0.2) is 11.6 Å². The highest BCUT2D eigenvalue weighted by Gasteiger charge is 2.25. The van der Waals surface area contributed by atoms with Crippen molar-refractivity contribution in [3.05, 3.63) is 150 Å². The Hall–Kier alpha value is -6.58. The van der Waals surface area contributed by atoms with Crippen LogP contribution in [-0.4, -0.2) is 24.1 Å². The number of nitrogens with zero attached hydrogens (tertiary/aromatic N) is 6. The smallest absolute Gasteiger partial charge is 0.238 e. The number of aromatic nitrogens is 5. The molecule has 0 fully saturated rings. The molecule has 3 aromatic heterocycles. The Kier molecular flexibility index (Phi) is 7.10. The van der Waals surface area contributed by atoms with Crippen molar-refractivity contribution in [3.8, 4) is 40.5 Å². The number of aryl methyl sites for hydroxylation is 2. The van der Waals surface area contributed by atoms with E-state index in [4.69, 9.17) is 15.0 Å². The fourth-order valence-electron chi connectivity index (χ4n) is 7.67. The van der Waals surface area contributed by atoms with Gasteiger partial charge in [-0.15, -0.1) is 0 Å². The van der Waals surface area contributed by atoms with Crippen molar-refractivity contribution >= 4 is 43.6 Å². The maximum Gasteiger partial charge on any atom is 0.238 e. The molecule has 0 atom stereocenters. The Morgan fingerprint density at radius 1 is 0.519 bits per heavy atom. The molecule has 0 bridgehead atoms. The Labute approximate surface area is 302 Å². The third-order valence-corrected chi connectivity index (χ3v) is 10.1. The number of hydrogen-bond acceptors (Lipinski definition) is 4. The topological polar surface area (TPSA) is 72.3 Å². The summed E-state index contributed by atoms with van der Waals surface area (Å²) in [6, 6.07) is 46.5. The van der Waals surface area contributed by atoms with Gasteiger partial charge in [-0.2, -0.15) is 15.2 Å². The summed E-state index contributed by atoms with van der Waals surface area (Å²) in [5.74, 6) is 1.59. The van der Waals surface area contributed by atoms with E-state index in [1.807, 2.05) is 24.3 Å². The average Bonchev–Trinajstić information content (AvgIpc) is 3.66. The number of benzene rings is 6. The zero-order valence-corrected chi connectivity index (χ0v) is 29.8. The van der Waals surface area contributed by atoms with E-state index >= 15 is 0 Å². The zero-order valence-electron chi connectivity index (χ0n) is 29.8. The number of fused-ring (bicyclic) bond motifs is 6. The fourth-order valence-corrected chi connectivity index (χ4v) is 7.67. The van der Waals surface area contributed by atoms with Crippen LogP contribution < -0.4 is 0 Å². The van der Waals surface area contributed by atoms with E-state index in [1.54, 1.807) is 0 Å². The third kappa shape index (κ3) is 4.97. The van der Waals surface area contributed by atoms with Crippen LogP contribution in [0.25, 0.3) is 78.0 Å². The van der Waals surface area contributed by atoms with Crippen LogP contribution >= 0.6 is 0 Å². The van der Waals surface area contributed by atoms with Crippen molar-refractivity contribution in [1.29, 1.82) is 5.26 Å². The lowest BCUT2D eigenvalue weighted by Gasteiger charge is -2.23. The van der Waals surface area contributed by atoms with Crippen LogP contribution in [0.1, 0.15) is 43.0 Å².